The molecule has 0 radical (unpaired) electrons. The van der Waals surface area contributed by atoms with Crippen LogP contribution >= 0.6 is 0 Å². The molecule has 0 saturated carbocycles. The number of aromatic nitrogens is 8. The first kappa shape index (κ1) is 45.6. The van der Waals surface area contributed by atoms with E-state index in [9.17, 15) is 0 Å². The molecule has 0 aliphatic rings. The Hall–Kier alpha value is -6.93. The Kier molecular flexibility index (Phi) is 17.7. The summed E-state index contributed by atoms with van der Waals surface area (Å²) in [6.07, 6.45) is 15.6. The Balaban J connectivity index is 0.000000213. The zero-order valence-corrected chi connectivity index (χ0v) is 37.8. The van der Waals surface area contributed by atoms with Gasteiger partial charge in [-0.2, -0.15) is 0 Å². The van der Waals surface area contributed by atoms with E-state index in [4.69, 9.17) is 15.0 Å². The third-order valence-corrected chi connectivity index (χ3v) is 9.68. The first-order valence-corrected chi connectivity index (χ1v) is 21.0. The van der Waals surface area contributed by atoms with Crippen LogP contribution < -0.4 is 0 Å². The van der Waals surface area contributed by atoms with E-state index in [0.29, 0.717) is 17.5 Å². The van der Waals surface area contributed by atoms with Crippen LogP contribution in [-0.2, 0) is 32.9 Å². The average Bonchev–Trinajstić information content (AvgIpc) is 3.37. The van der Waals surface area contributed by atoms with Gasteiger partial charge in [0.25, 0.3) is 0 Å². The van der Waals surface area contributed by atoms with Crippen molar-refractivity contribution in [2.75, 3.05) is 0 Å². The van der Waals surface area contributed by atoms with E-state index in [2.05, 4.69) is 69.1 Å². The van der Waals surface area contributed by atoms with E-state index >= 15 is 0 Å². The molecular formula is C54H47IrN8. The number of rotatable bonds is 12. The van der Waals surface area contributed by atoms with Crippen LogP contribution in [0.4, 0.5) is 0 Å². The smallest absolute Gasteiger partial charge is 0.305 e. The predicted octanol–water partition coefficient (Wildman–Crippen LogP) is 12.3. The van der Waals surface area contributed by atoms with E-state index in [1.54, 1.807) is 18.6 Å². The van der Waals surface area contributed by atoms with Crippen molar-refractivity contribution in [1.82, 2.24) is 39.9 Å². The van der Waals surface area contributed by atoms with E-state index in [0.717, 1.165) is 100 Å². The Morgan fingerprint density at radius 2 is 0.762 bits per heavy atom. The number of hydrogen-bond donors (Lipinski definition) is 0. The quantitative estimate of drug-likeness (QED) is 0.112. The molecule has 0 atom stereocenters. The van der Waals surface area contributed by atoms with Crippen molar-refractivity contribution in [1.29, 1.82) is 0 Å². The summed E-state index contributed by atoms with van der Waals surface area (Å²) in [4.78, 5) is 36.9. The Bertz CT molecular complexity index is 2430. The van der Waals surface area contributed by atoms with Crippen molar-refractivity contribution in [3.8, 4) is 67.9 Å². The van der Waals surface area contributed by atoms with Crippen LogP contribution in [0.1, 0.15) is 50.9 Å². The van der Waals surface area contributed by atoms with Crippen LogP contribution in [0, 0.1) is 18.2 Å². The van der Waals surface area contributed by atoms with Crippen molar-refractivity contribution in [3.05, 3.63) is 206 Å². The first-order chi connectivity index (χ1) is 30.7. The number of nitrogens with zero attached hydrogens (tertiary/aromatic N) is 8. The van der Waals surface area contributed by atoms with Gasteiger partial charge in [0.15, 0.2) is 17.5 Å². The van der Waals surface area contributed by atoms with Gasteiger partial charge in [0.1, 0.15) is 0 Å². The second kappa shape index (κ2) is 24.5. The predicted molar refractivity (Wildman–Crippen MR) is 248 cm³/mol. The summed E-state index contributed by atoms with van der Waals surface area (Å²) in [5.74, 6) is 1.72. The molecule has 9 rings (SSSR count). The molecule has 0 bridgehead atoms. The van der Waals surface area contributed by atoms with Crippen LogP contribution in [0.25, 0.3) is 67.9 Å². The molecule has 0 aliphatic carbocycles. The molecule has 63 heavy (non-hydrogen) atoms. The molecule has 0 fully saturated rings. The van der Waals surface area contributed by atoms with Crippen LogP contribution in [0.3, 0.4) is 0 Å². The van der Waals surface area contributed by atoms with Crippen molar-refractivity contribution in [2.45, 2.75) is 52.4 Å². The molecule has 3 aromatic carbocycles. The molecule has 0 saturated heterocycles. The monoisotopic (exact) mass is 1000 g/mol. The van der Waals surface area contributed by atoms with Crippen molar-refractivity contribution in [3.63, 3.8) is 0 Å². The molecular weight excluding hydrogens is 953 g/mol. The molecule has 0 unspecified atom stereocenters. The molecule has 0 amide bonds. The fourth-order valence-electron chi connectivity index (χ4n) is 6.28. The fraction of sp³-hybridized carbons (Fsp3) is 0.148. The minimum atomic E-state index is 0. The SMILES string of the molecule is CCCCc1ccc(-c2nc(-c3ccc(CCCC)nc3)nc(-c3ccc(-c4[c-]cccc4)nc3)n2)cn1.[Ir+3].[c-]1ccccc1-c1ccccn1.[c-]1ccccc1-c1ccccn1. The minimum Gasteiger partial charge on any atom is -0.305 e. The maximum absolute atomic E-state index is 4.82. The van der Waals surface area contributed by atoms with Crippen LogP contribution in [-0.4, -0.2) is 39.9 Å². The second-order valence-corrected chi connectivity index (χ2v) is 14.3. The number of pyridine rings is 5. The van der Waals surface area contributed by atoms with E-state index in [1.807, 2.05) is 146 Å². The van der Waals surface area contributed by atoms with Gasteiger partial charge in [-0.3, -0.25) is 9.97 Å². The van der Waals surface area contributed by atoms with Gasteiger partial charge in [-0.05, 0) is 79.2 Å². The van der Waals surface area contributed by atoms with Crippen molar-refractivity contribution < 1.29 is 20.1 Å². The molecule has 9 aromatic rings. The summed E-state index contributed by atoms with van der Waals surface area (Å²) in [7, 11) is 0. The largest absolute Gasteiger partial charge is 3.00 e. The maximum Gasteiger partial charge on any atom is 3.00 e. The number of unbranched alkanes of at least 4 members (excludes halogenated alkanes) is 2. The Morgan fingerprint density at radius 1 is 0.381 bits per heavy atom. The van der Waals surface area contributed by atoms with Gasteiger partial charge >= 0.3 is 20.1 Å². The molecule has 0 aliphatic heterocycles. The van der Waals surface area contributed by atoms with Crippen molar-refractivity contribution in [2.24, 2.45) is 0 Å². The van der Waals surface area contributed by atoms with Crippen LogP contribution in [0.2, 0.25) is 0 Å². The third kappa shape index (κ3) is 13.5. The topological polar surface area (TPSA) is 103 Å². The van der Waals surface area contributed by atoms with Gasteiger partial charge in [0, 0.05) is 59.1 Å². The Labute approximate surface area is 384 Å². The number of benzene rings is 3. The van der Waals surface area contributed by atoms with E-state index in [1.165, 1.54) is 0 Å². The van der Waals surface area contributed by atoms with Gasteiger partial charge in [-0.25, -0.2) is 15.0 Å². The Morgan fingerprint density at radius 3 is 1.06 bits per heavy atom. The molecule has 6 heterocycles. The first-order valence-electron chi connectivity index (χ1n) is 21.0. The van der Waals surface area contributed by atoms with Gasteiger partial charge in [-0.1, -0.05) is 63.1 Å². The molecule has 6 aromatic heterocycles. The second-order valence-electron chi connectivity index (χ2n) is 14.3. The molecule has 312 valence electrons. The van der Waals surface area contributed by atoms with Gasteiger partial charge < -0.3 is 15.0 Å². The summed E-state index contributed by atoms with van der Waals surface area (Å²) >= 11 is 0. The van der Waals surface area contributed by atoms with Crippen LogP contribution in [0.15, 0.2) is 177 Å². The standard InChI is InChI=1S/C32H31N6.2C11H8N.Ir/c1-3-5-12-27-17-14-24(20-33-27)30-36-31(25-15-18-28(34-21-25)13-6-4-2)38-32(37-30)26-16-19-29(35-22-26)23-10-8-7-9-11-23;2*1-2-6-10(7-3-1)11-8-4-5-9-12-11;/h7-10,14-22H,3-6,12-13H2,1-2H3;2*1-6,8-9H;/q3*-1;+3. The summed E-state index contributed by atoms with van der Waals surface area (Å²) in [5, 5.41) is 0. The normalized spacial score (nSPS) is 10.3. The van der Waals surface area contributed by atoms with Gasteiger partial charge in [-0.15, -0.1) is 108 Å². The van der Waals surface area contributed by atoms with Gasteiger partial charge in [0.05, 0.1) is 0 Å². The number of aryl methyl sites for hydroxylation is 2. The van der Waals surface area contributed by atoms with Crippen molar-refractivity contribution >= 4 is 0 Å². The summed E-state index contributed by atoms with van der Waals surface area (Å²) in [6.45, 7) is 4.37. The zero-order valence-electron chi connectivity index (χ0n) is 35.4. The fourth-order valence-corrected chi connectivity index (χ4v) is 6.28. The molecule has 9 heteroatoms. The molecule has 8 nitrogen and oxygen atoms in total. The zero-order chi connectivity index (χ0) is 42.6. The summed E-state index contributed by atoms with van der Waals surface area (Å²) in [6, 6.07) is 56.8. The molecule has 0 N–H and O–H groups in total. The molecule has 0 spiro atoms. The van der Waals surface area contributed by atoms with E-state index in [-0.39, 0.29) is 20.1 Å². The maximum atomic E-state index is 4.82. The average molecular weight is 1000 g/mol. The minimum absolute atomic E-state index is 0. The number of hydrogen-bond acceptors (Lipinski definition) is 8. The summed E-state index contributed by atoms with van der Waals surface area (Å²) in [5.41, 5.74) is 10.5. The van der Waals surface area contributed by atoms with E-state index < -0.39 is 0 Å². The summed E-state index contributed by atoms with van der Waals surface area (Å²) < 4.78 is 0. The van der Waals surface area contributed by atoms with Crippen LogP contribution in [0.5, 0.6) is 0 Å². The van der Waals surface area contributed by atoms with Gasteiger partial charge in [0.2, 0.25) is 0 Å². The third-order valence-electron chi connectivity index (χ3n) is 9.68.